The predicted octanol–water partition coefficient (Wildman–Crippen LogP) is 2.73. The number of aryl methyl sites for hydroxylation is 1. The van der Waals surface area contributed by atoms with Gasteiger partial charge in [-0.3, -0.25) is 4.79 Å². The lowest BCUT2D eigenvalue weighted by Crippen LogP contribution is -2.12. The summed E-state index contributed by atoms with van der Waals surface area (Å²) in [5.74, 6) is -2.13. The fourth-order valence-corrected chi connectivity index (χ4v) is 3.73. The summed E-state index contributed by atoms with van der Waals surface area (Å²) in [4.78, 5) is 10.3. The van der Waals surface area contributed by atoms with E-state index in [9.17, 15) is 26.4 Å². The molecule has 0 unspecified atom stereocenters. The summed E-state index contributed by atoms with van der Waals surface area (Å²) in [7, 11) is -3.77. The summed E-state index contributed by atoms with van der Waals surface area (Å²) in [6, 6.07) is 5.50. The number of rotatable bonds is 7. The zero-order valence-electron chi connectivity index (χ0n) is 10.8. The molecule has 0 saturated carbocycles. The van der Waals surface area contributed by atoms with Gasteiger partial charge in [0.15, 0.2) is 9.84 Å². The SMILES string of the molecule is O=C(O)CCc1ccc(S(=O)(=O)CCSC(F)(F)F)cc1. The molecule has 0 radical (unpaired) electrons. The number of aliphatic carboxylic acids is 1. The second-order valence-corrected chi connectivity index (χ2v) is 7.42. The van der Waals surface area contributed by atoms with Crippen LogP contribution < -0.4 is 0 Å². The minimum absolute atomic E-state index is 0.0654. The maximum atomic E-state index is 12.0. The number of alkyl halides is 3. The fourth-order valence-electron chi connectivity index (χ4n) is 1.50. The van der Waals surface area contributed by atoms with Gasteiger partial charge in [0.1, 0.15) is 0 Å². The molecule has 118 valence electrons. The molecule has 0 aliphatic carbocycles. The van der Waals surface area contributed by atoms with Gasteiger partial charge in [0, 0.05) is 12.2 Å². The van der Waals surface area contributed by atoms with Crippen molar-refractivity contribution in [3.63, 3.8) is 0 Å². The first-order valence-corrected chi connectivity index (χ1v) is 8.48. The van der Waals surface area contributed by atoms with E-state index >= 15 is 0 Å². The monoisotopic (exact) mass is 342 g/mol. The van der Waals surface area contributed by atoms with Gasteiger partial charge in [0.2, 0.25) is 0 Å². The lowest BCUT2D eigenvalue weighted by atomic mass is 10.1. The molecule has 4 nitrogen and oxygen atoms in total. The van der Waals surface area contributed by atoms with E-state index in [2.05, 4.69) is 0 Å². The van der Waals surface area contributed by atoms with Gasteiger partial charge in [0.25, 0.3) is 0 Å². The third-order valence-corrected chi connectivity index (χ3v) is 5.25. The van der Waals surface area contributed by atoms with E-state index in [-0.39, 0.29) is 29.5 Å². The van der Waals surface area contributed by atoms with Crippen LogP contribution in [0.25, 0.3) is 0 Å². The summed E-state index contributed by atoms with van der Waals surface area (Å²) >= 11 is -0.375. The Kier molecular flexibility index (Phi) is 6.09. The molecular weight excluding hydrogens is 329 g/mol. The van der Waals surface area contributed by atoms with E-state index in [4.69, 9.17) is 5.11 Å². The summed E-state index contributed by atoms with van der Waals surface area (Å²) in [5, 5.41) is 8.53. The standard InChI is InChI=1S/C12H13F3O4S2/c13-12(14,15)20-7-8-21(18,19)10-4-1-9(2-5-10)3-6-11(16)17/h1-2,4-5H,3,6-8H2,(H,16,17). The summed E-state index contributed by atoms with van der Waals surface area (Å²) in [6.45, 7) is 0. The number of thioether (sulfide) groups is 1. The number of carboxylic acid groups (broad SMARTS) is 1. The molecule has 0 aliphatic rings. The average molecular weight is 342 g/mol. The minimum atomic E-state index is -4.45. The molecule has 0 fully saturated rings. The van der Waals surface area contributed by atoms with Crippen LogP contribution in [0.15, 0.2) is 29.2 Å². The Morgan fingerprint density at radius 2 is 1.76 bits per heavy atom. The van der Waals surface area contributed by atoms with Crippen LogP contribution in [-0.4, -0.2) is 36.5 Å². The van der Waals surface area contributed by atoms with Crippen LogP contribution in [0.4, 0.5) is 13.2 Å². The van der Waals surface area contributed by atoms with Crippen LogP contribution in [0.2, 0.25) is 0 Å². The van der Waals surface area contributed by atoms with Crippen LogP contribution in [0, 0.1) is 0 Å². The van der Waals surface area contributed by atoms with E-state index in [0.29, 0.717) is 5.56 Å². The number of carboxylic acids is 1. The van der Waals surface area contributed by atoms with Crippen LogP contribution in [0.3, 0.4) is 0 Å². The van der Waals surface area contributed by atoms with Crippen LogP contribution in [0.1, 0.15) is 12.0 Å². The first kappa shape index (κ1) is 17.8. The number of carbonyl (C=O) groups is 1. The van der Waals surface area contributed by atoms with E-state index in [1.807, 2.05) is 0 Å². The largest absolute Gasteiger partial charge is 0.481 e. The minimum Gasteiger partial charge on any atom is -0.481 e. The maximum Gasteiger partial charge on any atom is 0.441 e. The van der Waals surface area contributed by atoms with Gasteiger partial charge in [-0.1, -0.05) is 12.1 Å². The third kappa shape index (κ3) is 6.85. The number of hydrogen-bond donors (Lipinski definition) is 1. The molecule has 21 heavy (non-hydrogen) atoms. The Morgan fingerprint density at radius 3 is 2.24 bits per heavy atom. The van der Waals surface area contributed by atoms with Crippen LogP contribution >= 0.6 is 11.8 Å². The molecule has 1 aromatic carbocycles. The van der Waals surface area contributed by atoms with Gasteiger partial charge < -0.3 is 5.11 Å². The van der Waals surface area contributed by atoms with Crippen LogP contribution in [0.5, 0.6) is 0 Å². The van der Waals surface area contributed by atoms with Crippen molar-refractivity contribution in [2.45, 2.75) is 23.2 Å². The van der Waals surface area contributed by atoms with Crippen molar-refractivity contribution in [2.75, 3.05) is 11.5 Å². The van der Waals surface area contributed by atoms with E-state index < -0.39 is 32.8 Å². The van der Waals surface area contributed by atoms with E-state index in [1.165, 1.54) is 24.3 Å². The quantitative estimate of drug-likeness (QED) is 0.825. The molecule has 1 aromatic rings. The van der Waals surface area contributed by atoms with Crippen LogP contribution in [-0.2, 0) is 21.1 Å². The summed E-state index contributed by atoms with van der Waals surface area (Å²) in [6.07, 6.45) is 0.188. The fraction of sp³-hybridized carbons (Fsp3) is 0.417. The second kappa shape index (κ2) is 7.17. The van der Waals surface area contributed by atoms with Crippen molar-refractivity contribution in [3.8, 4) is 0 Å². The normalized spacial score (nSPS) is 12.3. The third-order valence-electron chi connectivity index (χ3n) is 2.53. The first-order chi connectivity index (χ1) is 9.60. The van der Waals surface area contributed by atoms with Crippen molar-refractivity contribution < 1.29 is 31.5 Å². The molecular formula is C12H13F3O4S2. The molecule has 0 aromatic heterocycles. The van der Waals surface area contributed by atoms with Crippen molar-refractivity contribution in [3.05, 3.63) is 29.8 Å². The molecule has 9 heteroatoms. The molecule has 0 heterocycles. The molecule has 0 aliphatic heterocycles. The van der Waals surface area contributed by atoms with Crippen molar-refractivity contribution in [1.82, 2.24) is 0 Å². The number of halogens is 3. The number of hydrogen-bond acceptors (Lipinski definition) is 4. The van der Waals surface area contributed by atoms with Gasteiger partial charge in [-0.25, -0.2) is 8.42 Å². The van der Waals surface area contributed by atoms with E-state index in [1.54, 1.807) is 0 Å². The maximum absolute atomic E-state index is 12.0. The molecule has 0 atom stereocenters. The van der Waals surface area contributed by atoms with Gasteiger partial charge in [-0.15, -0.1) is 0 Å². The Morgan fingerprint density at radius 1 is 1.19 bits per heavy atom. The molecule has 0 spiro atoms. The second-order valence-electron chi connectivity index (χ2n) is 4.15. The Balaban J connectivity index is 2.65. The highest BCUT2D eigenvalue weighted by molar-refractivity contribution is 8.01. The van der Waals surface area contributed by atoms with Crippen molar-refractivity contribution in [2.24, 2.45) is 0 Å². The number of benzene rings is 1. The highest BCUT2D eigenvalue weighted by Gasteiger charge is 2.29. The van der Waals surface area contributed by atoms with Crippen molar-refractivity contribution in [1.29, 1.82) is 0 Å². The summed E-state index contributed by atoms with van der Waals surface area (Å²) in [5.41, 5.74) is -3.79. The van der Waals surface area contributed by atoms with Gasteiger partial charge in [0.05, 0.1) is 10.6 Å². The van der Waals surface area contributed by atoms with Gasteiger partial charge in [-0.2, -0.15) is 13.2 Å². The van der Waals surface area contributed by atoms with Crippen molar-refractivity contribution >= 4 is 27.6 Å². The van der Waals surface area contributed by atoms with Gasteiger partial charge >= 0.3 is 11.5 Å². The predicted molar refractivity (Wildman–Crippen MR) is 73.0 cm³/mol. The average Bonchev–Trinajstić information content (AvgIpc) is 2.35. The Labute approximate surface area is 124 Å². The Hall–Kier alpha value is -1.22. The highest BCUT2D eigenvalue weighted by Crippen LogP contribution is 2.30. The topological polar surface area (TPSA) is 71.4 Å². The molecule has 0 saturated heterocycles. The first-order valence-electron chi connectivity index (χ1n) is 5.84. The summed E-state index contributed by atoms with van der Waals surface area (Å²) < 4.78 is 59.5. The number of sulfone groups is 1. The lowest BCUT2D eigenvalue weighted by molar-refractivity contribution is -0.136. The van der Waals surface area contributed by atoms with Gasteiger partial charge in [-0.05, 0) is 35.9 Å². The molecule has 1 N–H and O–H groups in total. The molecule has 0 bridgehead atoms. The molecule has 0 amide bonds. The smallest absolute Gasteiger partial charge is 0.441 e. The lowest BCUT2D eigenvalue weighted by Gasteiger charge is -2.07. The zero-order valence-corrected chi connectivity index (χ0v) is 12.4. The van der Waals surface area contributed by atoms with E-state index in [0.717, 1.165) is 0 Å². The highest BCUT2D eigenvalue weighted by atomic mass is 32.2. The molecule has 1 rings (SSSR count). The Bertz CT molecular complexity index is 580. The zero-order chi connectivity index (χ0) is 16.1.